The summed E-state index contributed by atoms with van der Waals surface area (Å²) in [6.07, 6.45) is -0.488. The van der Waals surface area contributed by atoms with Crippen molar-refractivity contribution in [3.05, 3.63) is 0 Å². The van der Waals surface area contributed by atoms with Gasteiger partial charge >= 0.3 is 12.1 Å². The van der Waals surface area contributed by atoms with E-state index in [2.05, 4.69) is 5.32 Å². The molecular formula is C21H38N2O6. The lowest BCUT2D eigenvalue weighted by molar-refractivity contribution is -0.160. The van der Waals surface area contributed by atoms with Gasteiger partial charge in [0.2, 0.25) is 0 Å². The van der Waals surface area contributed by atoms with Gasteiger partial charge in [-0.15, -0.1) is 0 Å². The summed E-state index contributed by atoms with van der Waals surface area (Å²) in [6, 6.07) is -1.56. The van der Waals surface area contributed by atoms with Crippen LogP contribution in [0.1, 0.15) is 74.7 Å². The zero-order chi connectivity index (χ0) is 22.6. The van der Waals surface area contributed by atoms with Crippen LogP contribution in [0.5, 0.6) is 0 Å². The van der Waals surface area contributed by atoms with E-state index in [-0.39, 0.29) is 5.92 Å². The van der Waals surface area contributed by atoms with E-state index >= 15 is 0 Å². The first-order valence-electron chi connectivity index (χ1n) is 10.3. The maximum atomic E-state index is 12.7. The summed E-state index contributed by atoms with van der Waals surface area (Å²) >= 11 is 0. The number of ether oxygens (including phenoxy) is 2. The van der Waals surface area contributed by atoms with Crippen LogP contribution in [0.3, 0.4) is 0 Å². The fourth-order valence-corrected chi connectivity index (χ4v) is 3.16. The van der Waals surface area contributed by atoms with Gasteiger partial charge in [0.1, 0.15) is 17.2 Å². The Bertz CT molecular complexity index is 591. The molecule has 2 amide bonds. The lowest BCUT2D eigenvalue weighted by Crippen LogP contribution is -2.54. The lowest BCUT2D eigenvalue weighted by atomic mass is 10.0. The number of carbonyl (C=O) groups is 3. The normalized spacial score (nSPS) is 19.7. The standard InChI is InChI=1S/C21H38N2O6/c1-13(2)12-14(18(26)28-20(3,4)5)22-17(25)16(24)15-10-9-11-23(15)19(27)29-21(6,7)8/h13-16,24H,9-12H2,1-8H3,(H,22,25)/t14-,15?,16?/m1/s1. The fourth-order valence-electron chi connectivity index (χ4n) is 3.16. The molecule has 2 N–H and O–H groups in total. The number of esters is 1. The molecule has 0 aromatic carbocycles. The summed E-state index contributed by atoms with van der Waals surface area (Å²) < 4.78 is 10.8. The van der Waals surface area contributed by atoms with Crippen molar-refractivity contribution < 1.29 is 29.0 Å². The lowest BCUT2D eigenvalue weighted by Gasteiger charge is -2.31. The third kappa shape index (κ3) is 8.60. The first-order chi connectivity index (χ1) is 13.1. The molecule has 1 rings (SSSR count). The van der Waals surface area contributed by atoms with Crippen molar-refractivity contribution in [2.45, 2.75) is 104 Å². The summed E-state index contributed by atoms with van der Waals surface area (Å²) in [7, 11) is 0. The van der Waals surface area contributed by atoms with Gasteiger partial charge in [0.25, 0.3) is 5.91 Å². The van der Waals surface area contributed by atoms with Gasteiger partial charge in [0.15, 0.2) is 6.10 Å². The number of aliphatic hydroxyl groups is 1. The minimum Gasteiger partial charge on any atom is -0.458 e. The zero-order valence-corrected chi connectivity index (χ0v) is 19.1. The van der Waals surface area contributed by atoms with Gasteiger partial charge in [0, 0.05) is 6.54 Å². The van der Waals surface area contributed by atoms with Gasteiger partial charge in [0.05, 0.1) is 6.04 Å². The number of aliphatic hydroxyl groups excluding tert-OH is 1. The minimum absolute atomic E-state index is 0.134. The second-order valence-electron chi connectivity index (χ2n) is 10.1. The number of rotatable bonds is 6. The van der Waals surface area contributed by atoms with Crippen LogP contribution in [0.4, 0.5) is 4.79 Å². The van der Waals surface area contributed by atoms with E-state index in [0.717, 1.165) is 0 Å². The van der Waals surface area contributed by atoms with Crippen LogP contribution in [0.2, 0.25) is 0 Å². The van der Waals surface area contributed by atoms with Crippen LogP contribution >= 0.6 is 0 Å². The molecule has 0 aromatic rings. The molecule has 8 nitrogen and oxygen atoms in total. The molecule has 2 unspecified atom stereocenters. The van der Waals surface area contributed by atoms with Gasteiger partial charge in [-0.05, 0) is 66.7 Å². The number of carbonyl (C=O) groups excluding carboxylic acids is 3. The van der Waals surface area contributed by atoms with E-state index in [9.17, 15) is 19.5 Å². The molecule has 1 saturated heterocycles. The molecule has 0 radical (unpaired) electrons. The Morgan fingerprint density at radius 3 is 2.10 bits per heavy atom. The largest absolute Gasteiger partial charge is 0.458 e. The molecule has 0 bridgehead atoms. The van der Waals surface area contributed by atoms with Crippen molar-refractivity contribution in [1.82, 2.24) is 10.2 Å². The van der Waals surface area contributed by atoms with Gasteiger partial charge in [-0.2, -0.15) is 0 Å². The van der Waals surface area contributed by atoms with E-state index in [1.165, 1.54) is 4.90 Å². The van der Waals surface area contributed by atoms with E-state index in [4.69, 9.17) is 9.47 Å². The van der Waals surface area contributed by atoms with Crippen LogP contribution in [-0.4, -0.2) is 63.9 Å². The molecule has 0 spiro atoms. The maximum absolute atomic E-state index is 12.7. The average Bonchev–Trinajstić information content (AvgIpc) is 2.99. The second-order valence-corrected chi connectivity index (χ2v) is 10.1. The highest BCUT2D eigenvalue weighted by Crippen LogP contribution is 2.24. The number of nitrogens with one attached hydrogen (secondary N) is 1. The highest BCUT2D eigenvalue weighted by Gasteiger charge is 2.40. The van der Waals surface area contributed by atoms with Crippen molar-refractivity contribution in [1.29, 1.82) is 0 Å². The van der Waals surface area contributed by atoms with Crippen molar-refractivity contribution in [3.63, 3.8) is 0 Å². The Hall–Kier alpha value is -1.83. The molecule has 168 valence electrons. The number of hydrogen-bond acceptors (Lipinski definition) is 6. The number of nitrogens with zero attached hydrogens (tertiary/aromatic N) is 1. The molecule has 8 heteroatoms. The summed E-state index contributed by atoms with van der Waals surface area (Å²) in [5.41, 5.74) is -1.36. The van der Waals surface area contributed by atoms with Crippen LogP contribution < -0.4 is 5.32 Å². The minimum atomic E-state index is -1.46. The molecule has 0 aliphatic carbocycles. The third-order valence-electron chi connectivity index (χ3n) is 4.28. The smallest absolute Gasteiger partial charge is 0.410 e. The molecule has 1 aliphatic rings. The van der Waals surface area contributed by atoms with Crippen molar-refractivity contribution >= 4 is 18.0 Å². The maximum Gasteiger partial charge on any atom is 0.410 e. The zero-order valence-electron chi connectivity index (χ0n) is 19.1. The first kappa shape index (κ1) is 25.2. The second kappa shape index (κ2) is 9.78. The number of likely N-dealkylation sites (tertiary alicyclic amines) is 1. The van der Waals surface area contributed by atoms with Crippen molar-refractivity contribution in [2.75, 3.05) is 6.54 Å². The van der Waals surface area contributed by atoms with Crippen molar-refractivity contribution in [3.8, 4) is 0 Å². The third-order valence-corrected chi connectivity index (χ3v) is 4.28. The van der Waals surface area contributed by atoms with E-state index in [1.54, 1.807) is 41.5 Å². The topological polar surface area (TPSA) is 105 Å². The summed E-state index contributed by atoms with van der Waals surface area (Å²) in [5.74, 6) is -1.10. The molecule has 3 atom stereocenters. The molecule has 0 saturated carbocycles. The van der Waals surface area contributed by atoms with Crippen LogP contribution in [0.25, 0.3) is 0 Å². The molecule has 29 heavy (non-hydrogen) atoms. The number of hydrogen-bond donors (Lipinski definition) is 2. The van der Waals surface area contributed by atoms with Gasteiger partial charge in [-0.3, -0.25) is 4.79 Å². The average molecular weight is 415 g/mol. The predicted octanol–water partition coefficient (Wildman–Crippen LogP) is 2.62. The van der Waals surface area contributed by atoms with Crippen LogP contribution in [0.15, 0.2) is 0 Å². The summed E-state index contributed by atoms with van der Waals surface area (Å²) in [4.78, 5) is 39.0. The Kier molecular flexibility index (Phi) is 8.50. The van der Waals surface area contributed by atoms with E-state index in [1.807, 2.05) is 13.8 Å². The Balaban J connectivity index is 2.85. The summed E-state index contributed by atoms with van der Waals surface area (Å²) in [5, 5.41) is 13.2. The number of amides is 2. The molecular weight excluding hydrogens is 376 g/mol. The SMILES string of the molecule is CC(C)C[C@@H](NC(=O)C(O)C1CCCN1C(=O)OC(C)(C)C)C(=O)OC(C)(C)C. The van der Waals surface area contributed by atoms with Gasteiger partial charge in [-0.1, -0.05) is 13.8 Å². The predicted molar refractivity (Wildman–Crippen MR) is 109 cm³/mol. The molecule has 1 heterocycles. The highest BCUT2D eigenvalue weighted by molar-refractivity contribution is 5.88. The monoisotopic (exact) mass is 414 g/mol. The Morgan fingerprint density at radius 2 is 1.62 bits per heavy atom. The highest BCUT2D eigenvalue weighted by atomic mass is 16.6. The molecule has 0 aromatic heterocycles. The summed E-state index contributed by atoms with van der Waals surface area (Å²) in [6.45, 7) is 14.8. The molecule has 1 fully saturated rings. The quantitative estimate of drug-likeness (QED) is 0.647. The van der Waals surface area contributed by atoms with E-state index in [0.29, 0.717) is 25.8 Å². The molecule has 1 aliphatic heterocycles. The Morgan fingerprint density at radius 1 is 1.07 bits per heavy atom. The van der Waals surface area contributed by atoms with Gasteiger partial charge in [-0.25, -0.2) is 9.59 Å². The fraction of sp³-hybridized carbons (Fsp3) is 0.857. The van der Waals surface area contributed by atoms with Crippen molar-refractivity contribution in [2.24, 2.45) is 5.92 Å². The van der Waals surface area contributed by atoms with E-state index < -0.39 is 47.4 Å². The van der Waals surface area contributed by atoms with Crippen LogP contribution in [-0.2, 0) is 19.1 Å². The van der Waals surface area contributed by atoms with Crippen LogP contribution in [0, 0.1) is 5.92 Å². The first-order valence-corrected chi connectivity index (χ1v) is 10.3. The Labute approximate surface area is 174 Å². The van der Waals surface area contributed by atoms with Gasteiger partial charge < -0.3 is 24.8 Å².